The summed E-state index contributed by atoms with van der Waals surface area (Å²) in [5, 5.41) is 20.1. The normalized spacial score (nSPS) is 14.5. The van der Waals surface area contributed by atoms with Crippen LogP contribution in [0.15, 0.2) is 37.4 Å². The quantitative estimate of drug-likeness (QED) is 0.241. The third-order valence-corrected chi connectivity index (χ3v) is 12.8. The van der Waals surface area contributed by atoms with E-state index in [9.17, 15) is 10.2 Å². The first kappa shape index (κ1) is 27.9. The highest BCUT2D eigenvalue weighted by Gasteiger charge is 2.32. The van der Waals surface area contributed by atoms with Crippen LogP contribution in [0.4, 0.5) is 0 Å². The Kier molecular flexibility index (Phi) is 12.0. The van der Waals surface area contributed by atoms with Crippen LogP contribution in [-0.4, -0.2) is 84.6 Å². The lowest BCUT2D eigenvalue weighted by molar-refractivity contribution is 0.0281. The summed E-state index contributed by atoms with van der Waals surface area (Å²) in [6.07, 6.45) is 11.3. The molecule has 2 unspecified atom stereocenters. The Hall–Kier alpha value is -1.35. The molecule has 0 aliphatic rings. The predicted molar refractivity (Wildman–Crippen MR) is 133 cm³/mol. The van der Waals surface area contributed by atoms with E-state index in [1.807, 2.05) is 21.5 Å². The molecule has 11 heteroatoms. The Morgan fingerprint density at radius 2 is 1.18 bits per heavy atom. The largest absolute Gasteiger partial charge is 0.455 e. The van der Waals surface area contributed by atoms with Crippen molar-refractivity contribution >= 4 is 16.6 Å². The van der Waals surface area contributed by atoms with Crippen molar-refractivity contribution in [3.8, 4) is 0 Å². The fourth-order valence-electron chi connectivity index (χ4n) is 3.87. The number of aliphatic hydroxyl groups is 2. The molecule has 2 N–H and O–H groups in total. The van der Waals surface area contributed by atoms with E-state index in [0.717, 1.165) is 24.9 Å². The van der Waals surface area contributed by atoms with Gasteiger partial charge >= 0.3 is 0 Å². The Morgan fingerprint density at radius 3 is 1.55 bits per heavy atom. The van der Waals surface area contributed by atoms with Crippen LogP contribution < -0.4 is 0 Å². The molecule has 9 nitrogen and oxygen atoms in total. The summed E-state index contributed by atoms with van der Waals surface area (Å²) in [6.45, 7) is 12.0. The highest BCUT2D eigenvalue weighted by molar-refractivity contribution is 6.84. The fraction of sp³-hybridized carbons (Fsp3) is 0.727. The monoisotopic (exact) mass is 498 g/mol. The van der Waals surface area contributed by atoms with Gasteiger partial charge in [0.25, 0.3) is 0 Å². The summed E-state index contributed by atoms with van der Waals surface area (Å²) in [5.41, 5.74) is 0. The Bertz CT molecular complexity index is 682. The molecule has 2 aromatic rings. The van der Waals surface area contributed by atoms with Crippen molar-refractivity contribution < 1.29 is 23.8 Å². The summed E-state index contributed by atoms with van der Waals surface area (Å²) in [7, 11) is -3.55. The maximum absolute atomic E-state index is 10.0. The Labute approximate surface area is 200 Å². The SMILES string of the molecule is C[Si](C)(CCCOCC(O)Cn1ccnc1)O[Si](C)(C)CCCOCC(O)Cn1ccnc1. The third-order valence-electron chi connectivity index (χ3n) is 5.27. The molecule has 0 aliphatic heterocycles. The van der Waals surface area contributed by atoms with E-state index >= 15 is 0 Å². The second kappa shape index (κ2) is 14.1. The van der Waals surface area contributed by atoms with Crippen molar-refractivity contribution in [2.45, 2.75) is 76.4 Å². The van der Waals surface area contributed by atoms with E-state index in [0.29, 0.717) is 39.5 Å². The van der Waals surface area contributed by atoms with Crippen LogP contribution in [0.5, 0.6) is 0 Å². The van der Waals surface area contributed by atoms with Crippen molar-refractivity contribution in [1.82, 2.24) is 19.1 Å². The number of aromatic nitrogens is 4. The Balaban J connectivity index is 1.52. The zero-order chi connectivity index (χ0) is 24.2. The van der Waals surface area contributed by atoms with Crippen molar-refractivity contribution in [2.75, 3.05) is 26.4 Å². The van der Waals surface area contributed by atoms with Crippen LogP contribution in [0, 0.1) is 0 Å². The van der Waals surface area contributed by atoms with Gasteiger partial charge in [0.2, 0.25) is 0 Å². The average Bonchev–Trinajstić information content (AvgIpc) is 3.40. The minimum Gasteiger partial charge on any atom is -0.455 e. The number of aliphatic hydroxyl groups excluding tert-OH is 2. The summed E-state index contributed by atoms with van der Waals surface area (Å²) in [5.74, 6) is 0. The van der Waals surface area contributed by atoms with Gasteiger partial charge in [-0.05, 0) is 51.1 Å². The molecule has 0 fully saturated rings. The molecule has 2 atom stereocenters. The number of hydrogen-bond donors (Lipinski definition) is 2. The van der Waals surface area contributed by atoms with E-state index in [-0.39, 0.29) is 0 Å². The number of imidazole rings is 2. The molecule has 0 aliphatic carbocycles. The van der Waals surface area contributed by atoms with Crippen LogP contribution in [0.1, 0.15) is 12.8 Å². The van der Waals surface area contributed by atoms with Crippen LogP contribution in [0.2, 0.25) is 38.3 Å². The standard InChI is InChI=1S/C22H42N4O5Si2/c1-32(2,13-5-11-29-17-21(27)15-25-9-7-23-19-25)31-33(3,4)14-6-12-30-18-22(28)16-26-10-8-24-20-26/h7-10,19-22,27-28H,5-6,11-18H2,1-4H3. The molecule has 2 aromatic heterocycles. The fourth-order valence-corrected chi connectivity index (χ4v) is 12.7. The van der Waals surface area contributed by atoms with Crippen LogP contribution in [0.3, 0.4) is 0 Å². The second-order valence-corrected chi connectivity index (χ2v) is 18.7. The van der Waals surface area contributed by atoms with Crippen LogP contribution >= 0.6 is 0 Å². The van der Waals surface area contributed by atoms with Gasteiger partial charge in [0, 0.05) is 38.0 Å². The first-order valence-corrected chi connectivity index (χ1v) is 18.0. The molecule has 2 rings (SSSR count). The summed E-state index contributed by atoms with van der Waals surface area (Å²) in [6, 6.07) is 2.08. The smallest absolute Gasteiger partial charge is 0.173 e. The summed E-state index contributed by atoms with van der Waals surface area (Å²) < 4.78 is 21.7. The van der Waals surface area contributed by atoms with E-state index in [4.69, 9.17) is 13.6 Å². The maximum atomic E-state index is 10.0. The van der Waals surface area contributed by atoms with Gasteiger partial charge in [-0.1, -0.05) is 0 Å². The molecule has 0 radical (unpaired) electrons. The molecule has 0 saturated carbocycles. The summed E-state index contributed by atoms with van der Waals surface area (Å²) in [4.78, 5) is 7.95. The molecule has 0 bridgehead atoms. The molecule has 0 aromatic carbocycles. The molecule has 33 heavy (non-hydrogen) atoms. The molecule has 0 spiro atoms. The van der Waals surface area contributed by atoms with Gasteiger partial charge in [0.05, 0.1) is 51.2 Å². The highest BCUT2D eigenvalue weighted by atomic mass is 28.4. The van der Waals surface area contributed by atoms with Crippen molar-refractivity contribution in [2.24, 2.45) is 0 Å². The molecule has 0 saturated heterocycles. The van der Waals surface area contributed by atoms with Crippen molar-refractivity contribution in [3.05, 3.63) is 37.4 Å². The van der Waals surface area contributed by atoms with Gasteiger partial charge in [-0.2, -0.15) is 0 Å². The minimum absolute atomic E-state index is 0.332. The molecule has 0 amide bonds. The van der Waals surface area contributed by atoms with Crippen molar-refractivity contribution in [1.29, 1.82) is 0 Å². The predicted octanol–water partition coefficient (Wildman–Crippen LogP) is 2.74. The number of nitrogens with zero attached hydrogens (tertiary/aromatic N) is 4. The van der Waals surface area contributed by atoms with Crippen molar-refractivity contribution in [3.63, 3.8) is 0 Å². The number of ether oxygens (including phenoxy) is 2. The third kappa shape index (κ3) is 12.6. The molecule has 2 heterocycles. The zero-order valence-electron chi connectivity index (χ0n) is 20.6. The van der Waals surface area contributed by atoms with Gasteiger partial charge in [-0.25, -0.2) is 9.97 Å². The molecular formula is C22H42N4O5Si2. The highest BCUT2D eigenvalue weighted by Crippen LogP contribution is 2.23. The van der Waals surface area contributed by atoms with Gasteiger partial charge in [-0.15, -0.1) is 0 Å². The summed E-state index contributed by atoms with van der Waals surface area (Å²) >= 11 is 0. The first-order valence-electron chi connectivity index (χ1n) is 11.8. The van der Waals surface area contributed by atoms with E-state index in [1.165, 1.54) is 0 Å². The van der Waals surface area contributed by atoms with Crippen LogP contribution in [0.25, 0.3) is 0 Å². The Morgan fingerprint density at radius 1 is 0.758 bits per heavy atom. The van der Waals surface area contributed by atoms with E-state index in [1.54, 1.807) is 25.0 Å². The van der Waals surface area contributed by atoms with E-state index < -0.39 is 28.8 Å². The average molecular weight is 499 g/mol. The van der Waals surface area contributed by atoms with Gasteiger partial charge in [-0.3, -0.25) is 0 Å². The van der Waals surface area contributed by atoms with E-state index in [2.05, 4.69) is 36.2 Å². The van der Waals surface area contributed by atoms with Gasteiger partial charge < -0.3 is 32.9 Å². The minimum atomic E-state index is -1.77. The van der Waals surface area contributed by atoms with Gasteiger partial charge in [0.15, 0.2) is 16.6 Å². The lowest BCUT2D eigenvalue weighted by atomic mass is 10.4. The topological polar surface area (TPSA) is 104 Å². The second-order valence-electron chi connectivity index (χ2n) is 9.80. The van der Waals surface area contributed by atoms with Gasteiger partial charge in [0.1, 0.15) is 0 Å². The number of hydrogen-bond acceptors (Lipinski definition) is 7. The maximum Gasteiger partial charge on any atom is 0.173 e. The van der Waals surface area contributed by atoms with Crippen LogP contribution in [-0.2, 0) is 26.7 Å². The zero-order valence-corrected chi connectivity index (χ0v) is 22.6. The number of rotatable bonds is 18. The first-order chi connectivity index (χ1) is 15.7. The lowest BCUT2D eigenvalue weighted by Gasteiger charge is -2.34. The molecule has 188 valence electrons. The molecular weight excluding hydrogens is 456 g/mol. The lowest BCUT2D eigenvalue weighted by Crippen LogP contribution is -2.44.